The molecule has 4 nitrogen and oxygen atoms in total. The van der Waals surface area contributed by atoms with Crippen molar-refractivity contribution in [2.45, 2.75) is 13.0 Å². The molecule has 0 aliphatic carbocycles. The molecule has 0 aliphatic heterocycles. The molecule has 1 atom stereocenters. The van der Waals surface area contributed by atoms with Gasteiger partial charge in [0.1, 0.15) is 11.3 Å². The molecule has 0 radical (unpaired) electrons. The first-order valence-corrected chi connectivity index (χ1v) is 8.35. The molecule has 1 aromatic heterocycles. The van der Waals surface area contributed by atoms with Crippen molar-refractivity contribution in [1.29, 1.82) is 0 Å². The summed E-state index contributed by atoms with van der Waals surface area (Å²) < 4.78 is 11.2. The van der Waals surface area contributed by atoms with E-state index in [4.69, 9.17) is 9.15 Å². The maximum absolute atomic E-state index is 12.4. The number of ketones is 1. The Morgan fingerprint density at radius 1 is 0.885 bits per heavy atom. The molecule has 0 fully saturated rings. The summed E-state index contributed by atoms with van der Waals surface area (Å²) >= 11 is 0. The Morgan fingerprint density at radius 2 is 1.58 bits per heavy atom. The molecule has 4 aromatic rings. The van der Waals surface area contributed by atoms with Crippen molar-refractivity contribution in [2.24, 2.45) is 0 Å². The quantitative estimate of drug-likeness (QED) is 0.308. The monoisotopic (exact) mass is 344 g/mol. The second-order valence-corrected chi connectivity index (χ2v) is 6.08. The third kappa shape index (κ3) is 2.86. The van der Waals surface area contributed by atoms with Gasteiger partial charge in [0.15, 0.2) is 6.10 Å². The van der Waals surface area contributed by atoms with E-state index < -0.39 is 11.7 Å². The highest BCUT2D eigenvalue weighted by atomic mass is 16.5. The zero-order valence-corrected chi connectivity index (χ0v) is 14.1. The molecule has 26 heavy (non-hydrogen) atoms. The topological polar surface area (TPSA) is 56.5 Å². The van der Waals surface area contributed by atoms with Crippen LogP contribution in [0.3, 0.4) is 0 Å². The lowest BCUT2D eigenvalue weighted by atomic mass is 10.1. The van der Waals surface area contributed by atoms with Gasteiger partial charge in [-0.3, -0.25) is 4.79 Å². The van der Waals surface area contributed by atoms with E-state index in [9.17, 15) is 9.59 Å². The number of Topliss-reactive ketones (excluding diaryl/α,β-unsaturated/α-hetero) is 1. The number of hydrogen-bond donors (Lipinski definition) is 0. The van der Waals surface area contributed by atoms with Crippen molar-refractivity contribution < 1.29 is 13.9 Å². The minimum atomic E-state index is -0.651. The smallest absolute Gasteiger partial charge is 0.344 e. The zero-order chi connectivity index (χ0) is 18.1. The molecule has 0 amide bonds. The van der Waals surface area contributed by atoms with Gasteiger partial charge in [0.25, 0.3) is 0 Å². The highest BCUT2D eigenvalue weighted by Crippen LogP contribution is 2.27. The predicted molar refractivity (Wildman–Crippen MR) is 101 cm³/mol. The van der Waals surface area contributed by atoms with Crippen LogP contribution in [-0.2, 0) is 0 Å². The van der Waals surface area contributed by atoms with Crippen LogP contribution in [-0.4, -0.2) is 11.9 Å². The van der Waals surface area contributed by atoms with E-state index in [0.29, 0.717) is 22.3 Å². The van der Waals surface area contributed by atoms with Gasteiger partial charge in [0.2, 0.25) is 5.78 Å². The molecule has 0 bridgehead atoms. The molecular weight excluding hydrogens is 328 g/mol. The molecule has 0 N–H and O–H groups in total. The Hall–Kier alpha value is -3.40. The standard InChI is InChI=1S/C22H16O4/c1-14(21(23)15-7-3-2-4-8-15)25-16-11-12-18-17-9-5-6-10-19(17)22(24)26-20(18)13-16/h2-14H,1H3/t14-/m0/s1. The molecule has 4 heteroatoms. The highest BCUT2D eigenvalue weighted by Gasteiger charge is 2.17. The molecule has 0 saturated heterocycles. The van der Waals surface area contributed by atoms with Crippen LogP contribution in [0.2, 0.25) is 0 Å². The van der Waals surface area contributed by atoms with Crippen LogP contribution < -0.4 is 10.4 Å². The summed E-state index contributed by atoms with van der Waals surface area (Å²) in [7, 11) is 0. The minimum Gasteiger partial charge on any atom is -0.482 e. The van der Waals surface area contributed by atoms with Crippen LogP contribution in [0.25, 0.3) is 21.7 Å². The van der Waals surface area contributed by atoms with E-state index in [2.05, 4.69) is 0 Å². The van der Waals surface area contributed by atoms with Gasteiger partial charge in [-0.15, -0.1) is 0 Å². The molecule has 0 unspecified atom stereocenters. The van der Waals surface area contributed by atoms with Crippen LogP contribution in [0.5, 0.6) is 5.75 Å². The van der Waals surface area contributed by atoms with Gasteiger partial charge in [0.05, 0.1) is 5.39 Å². The number of fused-ring (bicyclic) bond motifs is 3. The van der Waals surface area contributed by atoms with Crippen LogP contribution in [0.4, 0.5) is 0 Å². The highest BCUT2D eigenvalue weighted by molar-refractivity contribution is 6.04. The maximum Gasteiger partial charge on any atom is 0.344 e. The summed E-state index contributed by atoms with van der Waals surface area (Å²) in [6, 6.07) is 21.6. The van der Waals surface area contributed by atoms with Gasteiger partial charge in [-0.25, -0.2) is 4.79 Å². The van der Waals surface area contributed by atoms with E-state index in [1.54, 1.807) is 43.3 Å². The van der Waals surface area contributed by atoms with Crippen molar-refractivity contribution >= 4 is 27.5 Å². The Kier molecular flexibility index (Phi) is 4.01. The van der Waals surface area contributed by atoms with Gasteiger partial charge in [-0.05, 0) is 30.5 Å². The molecular formula is C22H16O4. The zero-order valence-electron chi connectivity index (χ0n) is 14.1. The van der Waals surface area contributed by atoms with Crippen molar-refractivity contribution in [3.63, 3.8) is 0 Å². The molecule has 0 spiro atoms. The van der Waals surface area contributed by atoms with E-state index in [1.165, 1.54) is 0 Å². The largest absolute Gasteiger partial charge is 0.482 e. The fraction of sp³-hybridized carbons (Fsp3) is 0.0909. The summed E-state index contributed by atoms with van der Waals surface area (Å²) in [6.07, 6.45) is -0.651. The number of benzene rings is 3. The van der Waals surface area contributed by atoms with Gasteiger partial charge >= 0.3 is 5.63 Å². The van der Waals surface area contributed by atoms with Gasteiger partial charge in [0, 0.05) is 17.0 Å². The van der Waals surface area contributed by atoms with Crippen molar-refractivity contribution in [1.82, 2.24) is 0 Å². The summed E-state index contributed by atoms with van der Waals surface area (Å²) in [4.78, 5) is 24.6. The van der Waals surface area contributed by atoms with E-state index >= 15 is 0 Å². The Balaban J connectivity index is 1.69. The third-order valence-corrected chi connectivity index (χ3v) is 4.33. The summed E-state index contributed by atoms with van der Waals surface area (Å²) in [6.45, 7) is 1.70. The average Bonchev–Trinajstić information content (AvgIpc) is 2.68. The van der Waals surface area contributed by atoms with Gasteiger partial charge < -0.3 is 9.15 Å². The normalized spacial score (nSPS) is 12.2. The molecule has 0 aliphatic rings. The lowest BCUT2D eigenvalue weighted by molar-refractivity contribution is 0.0818. The summed E-state index contributed by atoms with van der Waals surface area (Å²) in [5, 5.41) is 2.20. The number of carbonyl (C=O) groups excluding carboxylic acids is 1. The number of rotatable bonds is 4. The van der Waals surface area contributed by atoms with E-state index in [1.807, 2.05) is 36.4 Å². The van der Waals surface area contributed by atoms with E-state index in [0.717, 1.165) is 10.8 Å². The summed E-state index contributed by atoms with van der Waals surface area (Å²) in [5.74, 6) is 0.373. The Morgan fingerprint density at radius 3 is 2.35 bits per heavy atom. The SMILES string of the molecule is C[C@H](Oc1ccc2c(c1)oc(=O)c1ccccc12)C(=O)c1ccccc1. The van der Waals surface area contributed by atoms with Crippen molar-refractivity contribution in [3.8, 4) is 5.75 Å². The lowest BCUT2D eigenvalue weighted by Crippen LogP contribution is -2.23. The Labute approximate surface area is 149 Å². The van der Waals surface area contributed by atoms with Crippen molar-refractivity contribution in [3.05, 3.63) is 88.8 Å². The minimum absolute atomic E-state index is 0.106. The fourth-order valence-corrected chi connectivity index (χ4v) is 3.03. The third-order valence-electron chi connectivity index (χ3n) is 4.33. The Bertz CT molecular complexity index is 1160. The molecule has 0 saturated carbocycles. The molecule has 1 heterocycles. The van der Waals surface area contributed by atoms with Crippen LogP contribution in [0.15, 0.2) is 82.0 Å². The van der Waals surface area contributed by atoms with Crippen molar-refractivity contribution in [2.75, 3.05) is 0 Å². The number of ether oxygens (including phenoxy) is 1. The van der Waals surface area contributed by atoms with Gasteiger partial charge in [-0.2, -0.15) is 0 Å². The van der Waals surface area contributed by atoms with Crippen LogP contribution in [0.1, 0.15) is 17.3 Å². The molecule has 3 aromatic carbocycles. The second kappa shape index (κ2) is 6.48. The average molecular weight is 344 g/mol. The molecule has 128 valence electrons. The first-order chi connectivity index (χ1) is 12.6. The fourth-order valence-electron chi connectivity index (χ4n) is 3.03. The summed E-state index contributed by atoms with van der Waals surface area (Å²) in [5.41, 5.74) is 0.641. The van der Waals surface area contributed by atoms with Crippen LogP contribution >= 0.6 is 0 Å². The lowest BCUT2D eigenvalue weighted by Gasteiger charge is -2.14. The first-order valence-electron chi connectivity index (χ1n) is 8.35. The van der Waals surface area contributed by atoms with Gasteiger partial charge in [-0.1, -0.05) is 48.5 Å². The molecule has 4 rings (SSSR count). The predicted octanol–water partition coefficient (Wildman–Crippen LogP) is 4.60. The van der Waals surface area contributed by atoms with E-state index in [-0.39, 0.29) is 5.78 Å². The first kappa shape index (κ1) is 16.1. The number of carbonyl (C=O) groups is 1. The second-order valence-electron chi connectivity index (χ2n) is 6.08. The maximum atomic E-state index is 12.4. The number of hydrogen-bond acceptors (Lipinski definition) is 4. The van der Waals surface area contributed by atoms with Crippen LogP contribution in [0, 0.1) is 0 Å².